The van der Waals surface area contributed by atoms with Crippen molar-refractivity contribution >= 4 is 56.8 Å². The van der Waals surface area contributed by atoms with Crippen LogP contribution in [0.4, 0.5) is 11.4 Å². The van der Waals surface area contributed by atoms with Gasteiger partial charge < -0.3 is 4.90 Å². The van der Waals surface area contributed by atoms with Crippen LogP contribution in [0.15, 0.2) is 87.5 Å². The van der Waals surface area contributed by atoms with Crippen molar-refractivity contribution < 1.29 is 4.92 Å². The second-order valence-electron chi connectivity index (χ2n) is 10.3. The molecule has 6 heteroatoms. The fraction of sp³-hybridized carbons (Fsp3) is 0.273. The van der Waals surface area contributed by atoms with Crippen molar-refractivity contribution in [2.45, 2.75) is 53.7 Å². The molecule has 2 heterocycles. The third-order valence-corrected chi connectivity index (χ3v) is 10.00. The Morgan fingerprint density at radius 2 is 1.67 bits per heavy atom. The Labute approximate surface area is 238 Å². The number of thioether (sulfide) groups is 1. The molecule has 0 aromatic heterocycles. The molecule has 198 valence electrons. The molecule has 2 aliphatic rings. The smallest absolute Gasteiger partial charge is 0.270 e. The number of non-ortho nitro benzene ring substituents is 1. The minimum Gasteiger partial charge on any atom is -0.375 e. The zero-order valence-corrected chi connectivity index (χ0v) is 24.0. The summed E-state index contributed by atoms with van der Waals surface area (Å²) in [5.41, 5.74) is 7.24. The SMILES string of the molecule is CCCCCCN(C)c1ccc2c(c1)/C(=C1/CCSc3ccc4ccccc4c31)c1cc([N+](=O)[O-])ccc1S2. The minimum absolute atomic E-state index is 0.142. The highest BCUT2D eigenvalue weighted by molar-refractivity contribution is 7.99. The molecular weight excluding hydrogens is 521 g/mol. The zero-order valence-electron chi connectivity index (χ0n) is 22.4. The topological polar surface area (TPSA) is 46.4 Å². The Morgan fingerprint density at radius 1 is 0.897 bits per heavy atom. The van der Waals surface area contributed by atoms with Crippen LogP contribution in [0.1, 0.15) is 55.7 Å². The number of hydrogen-bond donors (Lipinski definition) is 0. The predicted octanol–water partition coefficient (Wildman–Crippen LogP) is 9.68. The highest BCUT2D eigenvalue weighted by Crippen LogP contribution is 2.53. The van der Waals surface area contributed by atoms with Gasteiger partial charge in [0, 0.05) is 57.4 Å². The van der Waals surface area contributed by atoms with Crippen molar-refractivity contribution in [1.82, 2.24) is 0 Å². The number of benzene rings is 4. The van der Waals surface area contributed by atoms with Crippen LogP contribution in [0.5, 0.6) is 0 Å². The number of nitro benzene ring substituents is 1. The average Bonchev–Trinajstić information content (AvgIpc) is 2.97. The van der Waals surface area contributed by atoms with E-state index in [-0.39, 0.29) is 10.6 Å². The summed E-state index contributed by atoms with van der Waals surface area (Å²) in [6, 6.07) is 25.2. The van der Waals surface area contributed by atoms with E-state index in [2.05, 4.69) is 73.5 Å². The molecule has 0 radical (unpaired) electrons. The molecule has 0 aliphatic carbocycles. The van der Waals surface area contributed by atoms with Crippen molar-refractivity contribution in [3.8, 4) is 0 Å². The van der Waals surface area contributed by atoms with Crippen LogP contribution in [0, 0.1) is 10.1 Å². The molecule has 39 heavy (non-hydrogen) atoms. The third-order valence-electron chi connectivity index (χ3n) is 7.79. The largest absolute Gasteiger partial charge is 0.375 e. The van der Waals surface area contributed by atoms with E-state index < -0.39 is 0 Å². The molecule has 0 saturated heterocycles. The molecule has 0 amide bonds. The maximum absolute atomic E-state index is 11.9. The Kier molecular flexibility index (Phi) is 7.41. The number of nitro groups is 1. The van der Waals surface area contributed by atoms with Gasteiger partial charge in [0.2, 0.25) is 0 Å². The molecule has 0 saturated carbocycles. The third kappa shape index (κ3) is 4.96. The maximum Gasteiger partial charge on any atom is 0.270 e. The molecule has 6 rings (SSSR count). The summed E-state index contributed by atoms with van der Waals surface area (Å²) >= 11 is 3.63. The van der Waals surface area contributed by atoms with Gasteiger partial charge in [0.15, 0.2) is 0 Å². The molecule has 0 N–H and O–H groups in total. The summed E-state index contributed by atoms with van der Waals surface area (Å²) in [7, 11) is 2.18. The van der Waals surface area contributed by atoms with Crippen LogP contribution >= 0.6 is 23.5 Å². The van der Waals surface area contributed by atoms with E-state index in [1.165, 1.54) is 68.6 Å². The monoisotopic (exact) mass is 552 g/mol. The molecule has 0 unspecified atom stereocenters. The van der Waals surface area contributed by atoms with E-state index in [9.17, 15) is 10.1 Å². The standard InChI is InChI=1S/C33H32N2O2S2/c1-3-4-5-8-18-34(2)23-12-15-29-27(20-23)32(28-21-24(35(36)37)13-16-30(28)39-29)26-17-19-38-31-14-11-22-9-6-7-10-25(22)33(26)31/h6-7,9-16,20-21H,3-5,8,17-19H2,1-2H3/b32-26+. The normalized spacial score (nSPS) is 15.9. The lowest BCUT2D eigenvalue weighted by Gasteiger charge is -2.30. The summed E-state index contributed by atoms with van der Waals surface area (Å²) in [4.78, 5) is 17.5. The molecule has 4 aromatic rings. The van der Waals surface area contributed by atoms with Crippen molar-refractivity contribution in [3.63, 3.8) is 0 Å². The second-order valence-corrected chi connectivity index (χ2v) is 12.5. The van der Waals surface area contributed by atoms with Gasteiger partial charge in [-0.15, -0.1) is 11.8 Å². The van der Waals surface area contributed by atoms with Crippen LogP contribution in [0.25, 0.3) is 21.9 Å². The van der Waals surface area contributed by atoms with Crippen LogP contribution in [0.3, 0.4) is 0 Å². The molecule has 0 bridgehead atoms. The molecule has 2 aliphatic heterocycles. The highest BCUT2D eigenvalue weighted by atomic mass is 32.2. The average molecular weight is 553 g/mol. The van der Waals surface area contributed by atoms with E-state index in [4.69, 9.17) is 0 Å². The summed E-state index contributed by atoms with van der Waals surface area (Å²) in [6.45, 7) is 3.26. The molecule has 0 atom stereocenters. The lowest BCUT2D eigenvalue weighted by molar-refractivity contribution is -0.384. The lowest BCUT2D eigenvalue weighted by Crippen LogP contribution is -2.19. The van der Waals surface area contributed by atoms with E-state index in [0.717, 1.165) is 34.8 Å². The van der Waals surface area contributed by atoms with Crippen molar-refractivity contribution in [2.75, 3.05) is 24.2 Å². The minimum atomic E-state index is -0.274. The van der Waals surface area contributed by atoms with Gasteiger partial charge in [0.1, 0.15) is 0 Å². The number of nitrogens with zero attached hydrogens (tertiary/aromatic N) is 2. The van der Waals surface area contributed by atoms with E-state index in [0.29, 0.717) is 0 Å². The van der Waals surface area contributed by atoms with Gasteiger partial charge in [0.05, 0.1) is 4.92 Å². The Bertz CT molecular complexity index is 1610. The number of fused-ring (bicyclic) bond motifs is 5. The summed E-state index contributed by atoms with van der Waals surface area (Å²) < 4.78 is 0. The summed E-state index contributed by atoms with van der Waals surface area (Å²) in [5, 5.41) is 14.3. The van der Waals surface area contributed by atoms with Crippen LogP contribution in [0.2, 0.25) is 0 Å². The van der Waals surface area contributed by atoms with Crippen molar-refractivity contribution in [2.24, 2.45) is 0 Å². The molecular formula is C33H32N2O2S2. The van der Waals surface area contributed by atoms with E-state index >= 15 is 0 Å². The molecule has 0 spiro atoms. The first-order valence-electron chi connectivity index (χ1n) is 13.8. The molecule has 4 aromatic carbocycles. The Balaban J connectivity index is 1.58. The van der Waals surface area contributed by atoms with Gasteiger partial charge >= 0.3 is 0 Å². The second kappa shape index (κ2) is 11.1. The fourth-order valence-corrected chi connectivity index (χ4v) is 7.89. The highest BCUT2D eigenvalue weighted by Gasteiger charge is 2.30. The summed E-state index contributed by atoms with van der Waals surface area (Å²) in [6.07, 6.45) is 5.85. The maximum atomic E-state index is 11.9. The zero-order chi connectivity index (χ0) is 26.9. The van der Waals surface area contributed by atoms with Gasteiger partial charge in [-0.3, -0.25) is 10.1 Å². The van der Waals surface area contributed by atoms with Gasteiger partial charge in [-0.2, -0.15) is 0 Å². The number of allylic oxidation sites excluding steroid dienone is 1. The van der Waals surface area contributed by atoms with Gasteiger partial charge in [-0.05, 0) is 76.2 Å². The van der Waals surface area contributed by atoms with Gasteiger partial charge in [-0.25, -0.2) is 0 Å². The van der Waals surface area contributed by atoms with Crippen molar-refractivity contribution in [1.29, 1.82) is 0 Å². The van der Waals surface area contributed by atoms with Crippen molar-refractivity contribution in [3.05, 3.63) is 99.6 Å². The first-order valence-corrected chi connectivity index (χ1v) is 15.6. The number of rotatable bonds is 7. The Morgan fingerprint density at radius 3 is 2.49 bits per heavy atom. The van der Waals surface area contributed by atoms with Gasteiger partial charge in [0.25, 0.3) is 5.69 Å². The lowest BCUT2D eigenvalue weighted by atomic mass is 9.85. The first-order chi connectivity index (χ1) is 19.0. The first kappa shape index (κ1) is 26.0. The predicted molar refractivity (Wildman–Crippen MR) is 166 cm³/mol. The fourth-order valence-electron chi connectivity index (χ4n) is 5.77. The summed E-state index contributed by atoms with van der Waals surface area (Å²) in [5.74, 6) is 0.994. The molecule has 0 fully saturated rings. The van der Waals surface area contributed by atoms with E-state index in [1.807, 2.05) is 17.8 Å². The van der Waals surface area contributed by atoms with Crippen LogP contribution < -0.4 is 4.90 Å². The Hall–Kier alpha value is -3.22. The number of unbranched alkanes of at least 4 members (excludes halogenated alkanes) is 3. The number of anilines is 1. The molecule has 4 nitrogen and oxygen atoms in total. The van der Waals surface area contributed by atoms with E-state index in [1.54, 1.807) is 23.9 Å². The number of hydrogen-bond acceptors (Lipinski definition) is 5. The van der Waals surface area contributed by atoms with Gasteiger partial charge in [-0.1, -0.05) is 68.3 Å². The van der Waals surface area contributed by atoms with Crippen LogP contribution in [-0.4, -0.2) is 24.3 Å². The van der Waals surface area contributed by atoms with Crippen LogP contribution in [-0.2, 0) is 0 Å². The quantitative estimate of drug-likeness (QED) is 0.114.